The summed E-state index contributed by atoms with van der Waals surface area (Å²) in [6.07, 6.45) is 4.24. The van der Waals surface area contributed by atoms with Gasteiger partial charge in [-0.05, 0) is 18.6 Å². The molecule has 0 saturated heterocycles. The van der Waals surface area contributed by atoms with E-state index >= 15 is 0 Å². The van der Waals surface area contributed by atoms with E-state index in [0.29, 0.717) is 6.42 Å². The number of benzene rings is 1. The molecule has 114 valence electrons. The zero-order valence-electron chi connectivity index (χ0n) is 11.1. The molecule has 2 atom stereocenters. The van der Waals surface area contributed by atoms with E-state index in [2.05, 4.69) is 15.4 Å². The van der Waals surface area contributed by atoms with Gasteiger partial charge in [0.15, 0.2) is 0 Å². The molecule has 0 aromatic heterocycles. The third-order valence-corrected chi connectivity index (χ3v) is 3.07. The minimum atomic E-state index is -2.96. The van der Waals surface area contributed by atoms with Crippen molar-refractivity contribution in [3.8, 4) is 5.75 Å². The molecule has 7 heteroatoms. The summed E-state index contributed by atoms with van der Waals surface area (Å²) >= 11 is 0. The minimum Gasteiger partial charge on any atom is -0.433 e. The maximum Gasteiger partial charge on any atom is 0.387 e. The molecule has 0 fully saturated rings. The fourth-order valence-corrected chi connectivity index (χ4v) is 2.11. The average molecular weight is 298 g/mol. The van der Waals surface area contributed by atoms with Crippen LogP contribution in [-0.2, 0) is 0 Å². The van der Waals surface area contributed by atoms with Crippen LogP contribution in [0.15, 0.2) is 36.4 Å². The highest BCUT2D eigenvalue weighted by Gasteiger charge is 2.20. The molecule has 1 aromatic rings. The highest BCUT2D eigenvalue weighted by Crippen LogP contribution is 2.25. The number of aliphatic hydroxyl groups excluding tert-OH is 1. The Morgan fingerprint density at radius 2 is 2.14 bits per heavy atom. The van der Waals surface area contributed by atoms with Crippen LogP contribution in [-0.4, -0.2) is 30.4 Å². The van der Waals surface area contributed by atoms with Crippen molar-refractivity contribution in [3.05, 3.63) is 36.4 Å². The highest BCUT2D eigenvalue weighted by atomic mass is 19.3. The van der Waals surface area contributed by atoms with Gasteiger partial charge in [0.2, 0.25) is 0 Å². The second-order valence-electron chi connectivity index (χ2n) is 4.64. The minimum absolute atomic E-state index is 0.0291. The molecule has 0 aliphatic heterocycles. The highest BCUT2D eigenvalue weighted by molar-refractivity contribution is 5.91. The molecule has 0 radical (unpaired) electrons. The summed E-state index contributed by atoms with van der Waals surface area (Å²) in [6.45, 7) is -2.93. The van der Waals surface area contributed by atoms with E-state index in [9.17, 15) is 13.6 Å². The second kappa shape index (κ2) is 7.03. The van der Waals surface area contributed by atoms with Gasteiger partial charge in [0.1, 0.15) is 5.75 Å². The number of ether oxygens (including phenoxy) is 1. The third-order valence-electron chi connectivity index (χ3n) is 3.07. The Kier molecular flexibility index (Phi) is 5.10. The fraction of sp³-hybridized carbons (Fsp3) is 0.357. The summed E-state index contributed by atoms with van der Waals surface area (Å²) in [5.41, 5.74) is 0.163. The number of carbonyl (C=O) groups excluding carboxylic acids is 1. The van der Waals surface area contributed by atoms with E-state index in [-0.39, 0.29) is 30.0 Å². The van der Waals surface area contributed by atoms with Crippen molar-refractivity contribution in [2.75, 3.05) is 11.9 Å². The number of amides is 2. The summed E-state index contributed by atoms with van der Waals surface area (Å²) in [5, 5.41) is 14.2. The van der Waals surface area contributed by atoms with Crippen molar-refractivity contribution in [2.24, 2.45) is 5.92 Å². The molecule has 1 aromatic carbocycles. The number of hydrogen-bond donors (Lipinski definition) is 3. The molecular formula is C14H16F2N2O3. The van der Waals surface area contributed by atoms with Gasteiger partial charge in [-0.2, -0.15) is 8.78 Å². The molecular weight excluding hydrogens is 282 g/mol. The molecule has 0 spiro atoms. The van der Waals surface area contributed by atoms with Crippen LogP contribution >= 0.6 is 0 Å². The van der Waals surface area contributed by atoms with E-state index in [1.165, 1.54) is 18.2 Å². The largest absolute Gasteiger partial charge is 0.433 e. The quantitative estimate of drug-likeness (QED) is 0.731. The molecule has 1 aliphatic carbocycles. The number of rotatable bonds is 5. The molecule has 5 nitrogen and oxygen atoms in total. The van der Waals surface area contributed by atoms with E-state index in [4.69, 9.17) is 5.11 Å². The van der Waals surface area contributed by atoms with Crippen LogP contribution in [0.1, 0.15) is 6.42 Å². The SMILES string of the molecule is O=C(Nc1ccccc1OC(F)F)N[C@@H]1C=C[C@H](CO)C1. The first-order valence-electron chi connectivity index (χ1n) is 6.49. The van der Waals surface area contributed by atoms with E-state index in [1.807, 2.05) is 6.08 Å². The Bertz CT molecular complexity index is 523. The van der Waals surface area contributed by atoms with Gasteiger partial charge in [-0.15, -0.1) is 0 Å². The number of carbonyl (C=O) groups is 1. The molecule has 2 rings (SSSR count). The normalized spacial score (nSPS) is 20.6. The van der Waals surface area contributed by atoms with E-state index < -0.39 is 12.6 Å². The van der Waals surface area contributed by atoms with Crippen LogP contribution in [0.25, 0.3) is 0 Å². The first kappa shape index (κ1) is 15.2. The van der Waals surface area contributed by atoms with Crippen LogP contribution in [0, 0.1) is 5.92 Å². The lowest BCUT2D eigenvalue weighted by molar-refractivity contribution is -0.0493. The molecule has 0 bridgehead atoms. The van der Waals surface area contributed by atoms with Gasteiger partial charge >= 0.3 is 12.6 Å². The van der Waals surface area contributed by atoms with Gasteiger partial charge in [0.25, 0.3) is 0 Å². The molecule has 3 N–H and O–H groups in total. The fourth-order valence-electron chi connectivity index (χ4n) is 2.11. The summed E-state index contributed by atoms with van der Waals surface area (Å²) in [5.74, 6) is -0.0670. The molecule has 0 heterocycles. The van der Waals surface area contributed by atoms with Crippen LogP contribution in [0.2, 0.25) is 0 Å². The van der Waals surface area contributed by atoms with E-state index in [1.54, 1.807) is 12.1 Å². The predicted molar refractivity (Wildman–Crippen MR) is 73.3 cm³/mol. The lowest BCUT2D eigenvalue weighted by Gasteiger charge is -2.15. The number of alkyl halides is 2. The Labute approximate surface area is 120 Å². The first-order valence-corrected chi connectivity index (χ1v) is 6.49. The number of aliphatic hydroxyl groups is 1. The monoisotopic (exact) mass is 298 g/mol. The lowest BCUT2D eigenvalue weighted by atomic mass is 10.1. The van der Waals surface area contributed by atoms with Gasteiger partial charge in [-0.3, -0.25) is 0 Å². The van der Waals surface area contributed by atoms with Crippen molar-refractivity contribution in [1.82, 2.24) is 5.32 Å². The average Bonchev–Trinajstić information content (AvgIpc) is 2.88. The predicted octanol–water partition coefficient (Wildman–Crippen LogP) is 2.35. The Morgan fingerprint density at radius 1 is 1.38 bits per heavy atom. The Balaban J connectivity index is 1.92. The van der Waals surface area contributed by atoms with Gasteiger partial charge < -0.3 is 20.5 Å². The molecule has 2 amide bonds. The summed E-state index contributed by atoms with van der Waals surface area (Å²) in [6, 6.07) is 5.24. The lowest BCUT2D eigenvalue weighted by Crippen LogP contribution is -2.36. The standard InChI is InChI=1S/C14H16F2N2O3/c15-13(16)21-12-4-2-1-3-11(12)18-14(20)17-10-6-5-9(7-10)8-19/h1-6,9-10,13,19H,7-8H2,(H2,17,18,20)/t9-,10+/m0/s1. The smallest absolute Gasteiger partial charge is 0.387 e. The molecule has 1 aliphatic rings. The maximum absolute atomic E-state index is 12.3. The van der Waals surface area contributed by atoms with Crippen molar-refractivity contribution in [3.63, 3.8) is 0 Å². The van der Waals surface area contributed by atoms with Crippen molar-refractivity contribution < 1.29 is 23.4 Å². The molecule has 0 unspecified atom stereocenters. The number of anilines is 1. The summed E-state index contributed by atoms with van der Waals surface area (Å²) < 4.78 is 28.9. The summed E-state index contributed by atoms with van der Waals surface area (Å²) in [4.78, 5) is 11.8. The van der Waals surface area contributed by atoms with Gasteiger partial charge in [0, 0.05) is 18.6 Å². The molecule has 21 heavy (non-hydrogen) atoms. The van der Waals surface area contributed by atoms with Gasteiger partial charge in [-0.1, -0.05) is 24.3 Å². The Hall–Kier alpha value is -2.15. The number of halogens is 2. The van der Waals surface area contributed by atoms with Crippen molar-refractivity contribution in [1.29, 1.82) is 0 Å². The zero-order valence-corrected chi connectivity index (χ0v) is 11.1. The van der Waals surface area contributed by atoms with Crippen LogP contribution in [0.5, 0.6) is 5.75 Å². The van der Waals surface area contributed by atoms with Gasteiger partial charge in [0.05, 0.1) is 5.69 Å². The van der Waals surface area contributed by atoms with E-state index in [0.717, 1.165) is 0 Å². The van der Waals surface area contributed by atoms with Crippen LogP contribution in [0.3, 0.4) is 0 Å². The van der Waals surface area contributed by atoms with Crippen LogP contribution in [0.4, 0.5) is 19.3 Å². The summed E-state index contributed by atoms with van der Waals surface area (Å²) in [7, 11) is 0. The number of nitrogens with one attached hydrogen (secondary N) is 2. The topological polar surface area (TPSA) is 70.6 Å². The van der Waals surface area contributed by atoms with Crippen LogP contribution < -0.4 is 15.4 Å². The van der Waals surface area contributed by atoms with Gasteiger partial charge in [-0.25, -0.2) is 4.79 Å². The maximum atomic E-state index is 12.3. The van der Waals surface area contributed by atoms with Crippen molar-refractivity contribution >= 4 is 11.7 Å². The molecule has 0 saturated carbocycles. The zero-order chi connectivity index (χ0) is 15.2. The third kappa shape index (κ3) is 4.42. The van der Waals surface area contributed by atoms with Crippen molar-refractivity contribution in [2.45, 2.75) is 19.1 Å². The number of urea groups is 1. The number of hydrogen-bond acceptors (Lipinski definition) is 3. The first-order chi connectivity index (χ1) is 10.1. The Morgan fingerprint density at radius 3 is 2.81 bits per heavy atom. The number of para-hydroxylation sites is 2. The second-order valence-corrected chi connectivity index (χ2v) is 4.64.